The number of fused-ring (bicyclic) bond motifs is 1. The van der Waals surface area contributed by atoms with Crippen LogP contribution < -0.4 is 44.7 Å². The van der Waals surface area contributed by atoms with Crippen LogP contribution in [0.2, 0.25) is 0 Å². The van der Waals surface area contributed by atoms with E-state index in [4.69, 9.17) is 9.88 Å². The molecule has 0 spiro atoms. The van der Waals surface area contributed by atoms with E-state index in [0.29, 0.717) is 0 Å². The van der Waals surface area contributed by atoms with Gasteiger partial charge in [-0.2, -0.15) is 8.42 Å². The molecule has 15 heteroatoms. The zero-order chi connectivity index (χ0) is 24.6. The van der Waals surface area contributed by atoms with Crippen LogP contribution in [0.15, 0.2) is 62.5 Å². The second-order valence-electron chi connectivity index (χ2n) is 6.70. The molecule has 0 heterocycles. The van der Waals surface area contributed by atoms with Crippen LogP contribution in [0.5, 0.6) is 11.5 Å². The van der Waals surface area contributed by atoms with Gasteiger partial charge in [0.2, 0.25) is 15.9 Å². The number of carbonyl (C=O) groups excluding carboxylic acids is 1. The van der Waals surface area contributed by atoms with Gasteiger partial charge in [0.25, 0.3) is 10.1 Å². The molecule has 0 radical (unpaired) electrons. The Kier molecular flexibility index (Phi) is 8.42. The molecule has 0 aliphatic carbocycles. The van der Waals surface area contributed by atoms with E-state index in [1.165, 1.54) is 44.4 Å². The predicted molar refractivity (Wildman–Crippen MR) is 119 cm³/mol. The first kappa shape index (κ1) is 27.7. The van der Waals surface area contributed by atoms with Gasteiger partial charge in [-0.15, -0.1) is 10.2 Å². The van der Waals surface area contributed by atoms with Crippen molar-refractivity contribution in [1.29, 1.82) is 0 Å². The fourth-order valence-corrected chi connectivity index (χ4v) is 4.29. The van der Waals surface area contributed by atoms with Crippen LogP contribution in [0, 0.1) is 0 Å². The Hall–Kier alpha value is -2.59. The average Bonchev–Trinajstić information content (AvgIpc) is 2.71. The van der Waals surface area contributed by atoms with E-state index in [1.54, 1.807) is 0 Å². The fraction of sp³-hybridized carbons (Fsp3) is 0.105. The van der Waals surface area contributed by atoms with E-state index in [1.807, 2.05) is 0 Å². The van der Waals surface area contributed by atoms with Crippen molar-refractivity contribution in [3.8, 4) is 11.5 Å². The number of carbonyl (C=O) groups is 1. The van der Waals surface area contributed by atoms with E-state index >= 15 is 0 Å². The van der Waals surface area contributed by atoms with Crippen LogP contribution >= 0.6 is 0 Å². The average molecular weight is 519 g/mol. The molecule has 12 nitrogen and oxygen atoms in total. The molecule has 3 aromatic rings. The molecule has 34 heavy (non-hydrogen) atoms. The predicted octanol–water partition coefficient (Wildman–Crippen LogP) is -0.0616. The minimum atomic E-state index is -4.78. The summed E-state index contributed by atoms with van der Waals surface area (Å²) in [6, 6.07) is 8.26. The summed E-state index contributed by atoms with van der Waals surface area (Å²) in [5, 5.41) is 25.6. The molecule has 0 fully saturated rings. The van der Waals surface area contributed by atoms with Crippen molar-refractivity contribution in [3.05, 3.63) is 42.5 Å². The van der Waals surface area contributed by atoms with Crippen molar-refractivity contribution in [2.24, 2.45) is 15.4 Å². The van der Waals surface area contributed by atoms with Gasteiger partial charge in [-0.05, 0) is 42.5 Å². The van der Waals surface area contributed by atoms with Crippen molar-refractivity contribution in [2.45, 2.75) is 16.7 Å². The number of sulfonamides is 1. The zero-order valence-corrected chi connectivity index (χ0v) is 21.8. The first-order valence-electron chi connectivity index (χ1n) is 8.99. The third-order valence-corrected chi connectivity index (χ3v) is 6.22. The molecule has 3 rings (SSSR count). The Balaban J connectivity index is 0.00000306. The normalized spacial score (nSPS) is 11.9. The smallest absolute Gasteiger partial charge is 1.00 e. The van der Waals surface area contributed by atoms with Crippen LogP contribution in [0.1, 0.15) is 8.35 Å². The molecular formula is C19H19N4NaO8S2. The summed E-state index contributed by atoms with van der Waals surface area (Å²) in [5.74, 6) is -0.748. The number of anilines is 1. The van der Waals surface area contributed by atoms with Gasteiger partial charge in [-0.25, -0.2) is 13.6 Å². The number of nitrogens with two attached hydrogens (primary N) is 1. The number of hydrogen-bond donors (Lipinski definition) is 4. The van der Waals surface area contributed by atoms with Gasteiger partial charge in [0.05, 0.1) is 28.8 Å². The molecule has 0 aromatic heterocycles. The number of phenolic OH excluding ortho intramolecular Hbond substituents is 1. The van der Waals surface area contributed by atoms with Gasteiger partial charge >= 0.3 is 29.6 Å². The number of primary sulfonamides is 1. The van der Waals surface area contributed by atoms with Gasteiger partial charge in [0.15, 0.2) is 0 Å². The van der Waals surface area contributed by atoms with Gasteiger partial charge in [0.1, 0.15) is 22.1 Å². The van der Waals surface area contributed by atoms with Crippen LogP contribution in [0.25, 0.3) is 10.8 Å². The number of benzene rings is 3. The largest absolute Gasteiger partial charge is 1.00 e. The Labute approximate surface area is 218 Å². The molecule has 5 N–H and O–H groups in total. The Morgan fingerprint density at radius 1 is 1.03 bits per heavy atom. The van der Waals surface area contributed by atoms with Crippen molar-refractivity contribution in [3.63, 3.8) is 0 Å². The van der Waals surface area contributed by atoms with Crippen LogP contribution in [0.3, 0.4) is 0 Å². The Bertz CT molecular complexity index is 1530. The SMILES string of the molecule is COc1ccc(S(N)(=O)=O)cc1N=Nc1ccc(O)c2c(NC(C)=O)ccc(S(=O)(=O)O)c12.[H-].[Na+]. The third kappa shape index (κ3) is 5.90. The topological polar surface area (TPSA) is 198 Å². The molecule has 0 bridgehead atoms. The zero-order valence-electron chi connectivity index (χ0n) is 19.2. The summed E-state index contributed by atoms with van der Waals surface area (Å²) in [6.07, 6.45) is 0. The monoisotopic (exact) mass is 518 g/mol. The van der Waals surface area contributed by atoms with Crippen LogP contribution in [0.4, 0.5) is 17.1 Å². The molecule has 176 valence electrons. The first-order chi connectivity index (χ1) is 15.3. The number of amides is 1. The summed E-state index contributed by atoms with van der Waals surface area (Å²) in [7, 11) is -7.52. The van der Waals surface area contributed by atoms with Crippen LogP contribution in [-0.2, 0) is 24.9 Å². The molecule has 0 unspecified atom stereocenters. The van der Waals surface area contributed by atoms with Crippen molar-refractivity contribution >= 4 is 53.9 Å². The number of methoxy groups -OCH3 is 1. The molecule has 0 atom stereocenters. The Morgan fingerprint density at radius 2 is 1.68 bits per heavy atom. The minimum Gasteiger partial charge on any atom is -1.00 e. The van der Waals surface area contributed by atoms with Crippen LogP contribution in [-0.4, -0.2) is 39.5 Å². The summed E-state index contributed by atoms with van der Waals surface area (Å²) < 4.78 is 62.1. The number of hydrogen-bond acceptors (Lipinski definition) is 9. The number of nitrogens with zero attached hydrogens (tertiary/aromatic N) is 2. The molecule has 3 aromatic carbocycles. The van der Waals surface area contributed by atoms with E-state index in [-0.39, 0.29) is 69.5 Å². The number of rotatable bonds is 6. The van der Waals surface area contributed by atoms with Gasteiger partial charge in [-0.3, -0.25) is 9.35 Å². The quantitative estimate of drug-likeness (QED) is 0.198. The molecule has 0 aliphatic heterocycles. The number of nitrogens with one attached hydrogen (secondary N) is 1. The van der Waals surface area contributed by atoms with Gasteiger partial charge in [-0.1, -0.05) is 0 Å². The van der Waals surface area contributed by atoms with Gasteiger partial charge < -0.3 is 16.6 Å². The minimum absolute atomic E-state index is 0. The molecule has 0 saturated heterocycles. The van der Waals surface area contributed by atoms with Gasteiger partial charge in [0, 0.05) is 12.3 Å². The molecular weight excluding hydrogens is 499 g/mol. The van der Waals surface area contributed by atoms with Crippen molar-refractivity contribution in [2.75, 3.05) is 12.4 Å². The fourth-order valence-electron chi connectivity index (χ4n) is 3.05. The van der Waals surface area contributed by atoms with E-state index in [9.17, 15) is 31.3 Å². The maximum absolute atomic E-state index is 12.0. The third-order valence-electron chi connectivity index (χ3n) is 4.41. The first-order valence-corrected chi connectivity index (χ1v) is 12.0. The van der Waals surface area contributed by atoms with E-state index in [0.717, 1.165) is 12.1 Å². The number of phenols is 1. The standard InChI is InChI=1S/C19H18N4O8S2.Na.H/c1-10(24)21-12-5-8-17(33(28,29)30)19-13(4-6-15(25)18(12)19)22-23-14-9-11(32(20,26)27)3-7-16(14)31-2;;/h3-9,25H,1-2H3,(H,21,24)(H2,20,26,27)(H,28,29,30);;/q;+1;-1. The Morgan fingerprint density at radius 3 is 2.24 bits per heavy atom. The molecule has 1 amide bonds. The number of aromatic hydroxyl groups is 1. The summed E-state index contributed by atoms with van der Waals surface area (Å²) >= 11 is 0. The summed E-state index contributed by atoms with van der Waals surface area (Å²) in [4.78, 5) is 10.7. The maximum Gasteiger partial charge on any atom is 1.00 e. The summed E-state index contributed by atoms with van der Waals surface area (Å²) in [5.41, 5.74) is -0.101. The second-order valence-corrected chi connectivity index (χ2v) is 9.65. The maximum atomic E-state index is 12.0. The van der Waals surface area contributed by atoms with Crippen molar-refractivity contribution in [1.82, 2.24) is 0 Å². The number of ether oxygens (including phenoxy) is 1. The number of azo groups is 1. The summed E-state index contributed by atoms with van der Waals surface area (Å²) in [6.45, 7) is 1.22. The second kappa shape index (κ2) is 10.4. The molecule has 0 aliphatic rings. The van der Waals surface area contributed by atoms with E-state index < -0.39 is 36.7 Å². The van der Waals surface area contributed by atoms with Crippen molar-refractivity contribution < 1.29 is 67.0 Å². The van der Waals surface area contributed by atoms with E-state index in [2.05, 4.69) is 15.5 Å². The molecule has 0 saturated carbocycles.